The van der Waals surface area contributed by atoms with Crippen LogP contribution in [0, 0.1) is 23.5 Å². The summed E-state index contributed by atoms with van der Waals surface area (Å²) in [5, 5.41) is 3.11. The summed E-state index contributed by atoms with van der Waals surface area (Å²) in [7, 11) is 1.79. The van der Waals surface area contributed by atoms with Gasteiger partial charge in [0.15, 0.2) is 0 Å². The van der Waals surface area contributed by atoms with E-state index < -0.39 is 11.6 Å². The van der Waals surface area contributed by atoms with E-state index in [0.29, 0.717) is 11.8 Å². The molecule has 18 heavy (non-hydrogen) atoms. The molecule has 1 fully saturated rings. The third-order valence-corrected chi connectivity index (χ3v) is 4.25. The van der Waals surface area contributed by atoms with Crippen LogP contribution >= 0.6 is 0 Å². The molecular weight excluding hydrogens is 232 g/mol. The lowest BCUT2D eigenvalue weighted by Gasteiger charge is -2.24. The van der Waals surface area contributed by atoms with E-state index in [2.05, 4.69) is 12.2 Å². The summed E-state index contributed by atoms with van der Waals surface area (Å²) in [5.74, 6) is 0.177. The molecule has 1 aliphatic carbocycles. The molecule has 0 heterocycles. The van der Waals surface area contributed by atoms with Gasteiger partial charge in [-0.1, -0.05) is 25.8 Å². The molecular formula is C15H21F2N. The van der Waals surface area contributed by atoms with Crippen molar-refractivity contribution in [1.29, 1.82) is 0 Å². The van der Waals surface area contributed by atoms with Crippen LogP contribution in [-0.4, -0.2) is 7.05 Å². The zero-order valence-corrected chi connectivity index (χ0v) is 11.0. The maximum atomic E-state index is 13.8. The molecule has 1 aromatic rings. The smallest absolute Gasteiger partial charge is 0.130 e. The summed E-state index contributed by atoms with van der Waals surface area (Å²) >= 11 is 0. The maximum Gasteiger partial charge on any atom is 0.130 e. The Kier molecular flexibility index (Phi) is 4.33. The standard InChI is InChI=1S/C15H21F2N/c1-3-10-7-8-11(9-10)15(18-2)14-12(16)5-4-6-13(14)17/h4-6,10-11,15,18H,3,7-9H2,1-2H3. The lowest BCUT2D eigenvalue weighted by atomic mass is 9.90. The van der Waals surface area contributed by atoms with Crippen LogP contribution in [0.3, 0.4) is 0 Å². The van der Waals surface area contributed by atoms with E-state index in [1.807, 2.05) is 0 Å². The van der Waals surface area contributed by atoms with Crippen molar-refractivity contribution in [3.63, 3.8) is 0 Å². The second-order valence-electron chi connectivity index (χ2n) is 5.25. The van der Waals surface area contributed by atoms with Gasteiger partial charge in [-0.2, -0.15) is 0 Å². The predicted octanol–water partition coefficient (Wildman–Crippen LogP) is 4.05. The zero-order valence-electron chi connectivity index (χ0n) is 11.0. The molecule has 1 aliphatic rings. The summed E-state index contributed by atoms with van der Waals surface area (Å²) < 4.78 is 27.7. The Bertz CT molecular complexity index is 385. The van der Waals surface area contributed by atoms with Crippen molar-refractivity contribution in [2.45, 2.75) is 38.6 Å². The quantitative estimate of drug-likeness (QED) is 0.853. The fraction of sp³-hybridized carbons (Fsp3) is 0.600. The second-order valence-corrected chi connectivity index (χ2v) is 5.25. The van der Waals surface area contributed by atoms with Crippen LogP contribution < -0.4 is 5.32 Å². The van der Waals surface area contributed by atoms with Gasteiger partial charge in [-0.15, -0.1) is 0 Å². The van der Waals surface area contributed by atoms with Gasteiger partial charge in [-0.3, -0.25) is 0 Å². The molecule has 1 saturated carbocycles. The van der Waals surface area contributed by atoms with Crippen LogP contribution in [0.15, 0.2) is 18.2 Å². The average molecular weight is 253 g/mol. The van der Waals surface area contributed by atoms with Crippen LogP contribution in [-0.2, 0) is 0 Å². The van der Waals surface area contributed by atoms with Crippen LogP contribution in [0.2, 0.25) is 0 Å². The fourth-order valence-electron chi connectivity index (χ4n) is 3.21. The van der Waals surface area contributed by atoms with Crippen molar-refractivity contribution in [1.82, 2.24) is 5.32 Å². The van der Waals surface area contributed by atoms with Gasteiger partial charge in [-0.25, -0.2) is 8.78 Å². The zero-order chi connectivity index (χ0) is 13.1. The molecule has 100 valence electrons. The molecule has 2 rings (SSSR count). The lowest BCUT2D eigenvalue weighted by Crippen LogP contribution is -2.26. The van der Waals surface area contributed by atoms with Gasteiger partial charge in [0.2, 0.25) is 0 Å². The van der Waals surface area contributed by atoms with E-state index >= 15 is 0 Å². The number of hydrogen-bond donors (Lipinski definition) is 1. The van der Waals surface area contributed by atoms with E-state index in [-0.39, 0.29) is 11.6 Å². The normalized spacial score (nSPS) is 25.3. The van der Waals surface area contributed by atoms with E-state index in [1.165, 1.54) is 24.6 Å². The molecule has 0 aliphatic heterocycles. The molecule has 3 heteroatoms. The summed E-state index contributed by atoms with van der Waals surface area (Å²) in [4.78, 5) is 0. The third kappa shape index (κ3) is 2.56. The number of hydrogen-bond acceptors (Lipinski definition) is 1. The Morgan fingerprint density at radius 3 is 2.44 bits per heavy atom. The lowest BCUT2D eigenvalue weighted by molar-refractivity contribution is 0.351. The van der Waals surface area contributed by atoms with Crippen molar-refractivity contribution in [3.05, 3.63) is 35.4 Å². The van der Waals surface area contributed by atoms with E-state index in [0.717, 1.165) is 19.3 Å². The van der Waals surface area contributed by atoms with Gasteiger partial charge < -0.3 is 5.32 Å². The van der Waals surface area contributed by atoms with Gasteiger partial charge in [0.05, 0.1) is 0 Å². The first-order valence-electron chi connectivity index (χ1n) is 6.78. The highest BCUT2D eigenvalue weighted by Crippen LogP contribution is 2.41. The summed E-state index contributed by atoms with van der Waals surface area (Å²) in [5.41, 5.74) is 0.210. The minimum atomic E-state index is -0.436. The molecule has 1 aromatic carbocycles. The molecule has 0 saturated heterocycles. The topological polar surface area (TPSA) is 12.0 Å². The summed E-state index contributed by atoms with van der Waals surface area (Å²) in [6, 6.07) is 3.90. The number of benzene rings is 1. The highest BCUT2D eigenvalue weighted by molar-refractivity contribution is 5.24. The van der Waals surface area contributed by atoms with Crippen molar-refractivity contribution in [3.8, 4) is 0 Å². The first-order chi connectivity index (χ1) is 8.67. The molecule has 0 radical (unpaired) electrons. The SMILES string of the molecule is CCC1CCC(C(NC)c2c(F)cccc2F)C1. The highest BCUT2D eigenvalue weighted by Gasteiger charge is 2.32. The van der Waals surface area contributed by atoms with Crippen LogP contribution in [0.4, 0.5) is 8.78 Å². The molecule has 0 bridgehead atoms. The van der Waals surface area contributed by atoms with Gasteiger partial charge in [0, 0.05) is 11.6 Å². The van der Waals surface area contributed by atoms with Crippen LogP contribution in [0.1, 0.15) is 44.2 Å². The Hall–Kier alpha value is -0.960. The third-order valence-electron chi connectivity index (χ3n) is 4.25. The predicted molar refractivity (Wildman–Crippen MR) is 69.3 cm³/mol. The van der Waals surface area contributed by atoms with Crippen molar-refractivity contribution < 1.29 is 8.78 Å². The largest absolute Gasteiger partial charge is 0.313 e. The fourth-order valence-corrected chi connectivity index (χ4v) is 3.21. The van der Waals surface area contributed by atoms with Gasteiger partial charge >= 0.3 is 0 Å². The molecule has 3 unspecified atom stereocenters. The van der Waals surface area contributed by atoms with Crippen molar-refractivity contribution in [2.24, 2.45) is 11.8 Å². The minimum Gasteiger partial charge on any atom is -0.313 e. The average Bonchev–Trinajstić information content (AvgIpc) is 2.82. The maximum absolute atomic E-state index is 13.8. The number of halogens is 2. The Labute approximate surface area is 108 Å². The first kappa shape index (κ1) is 13.5. The number of rotatable bonds is 4. The van der Waals surface area contributed by atoms with Gasteiger partial charge in [0.25, 0.3) is 0 Å². The van der Waals surface area contributed by atoms with E-state index in [1.54, 1.807) is 7.05 Å². The summed E-state index contributed by atoms with van der Waals surface area (Å²) in [6.07, 6.45) is 4.45. The Balaban J connectivity index is 2.23. The molecule has 1 N–H and O–H groups in total. The molecule has 0 aromatic heterocycles. The van der Waals surface area contributed by atoms with Crippen LogP contribution in [0.25, 0.3) is 0 Å². The van der Waals surface area contributed by atoms with Gasteiger partial charge in [0.1, 0.15) is 11.6 Å². The van der Waals surface area contributed by atoms with E-state index in [9.17, 15) is 8.78 Å². The van der Waals surface area contributed by atoms with Crippen LogP contribution in [0.5, 0.6) is 0 Å². The molecule has 0 amide bonds. The van der Waals surface area contributed by atoms with Crippen molar-refractivity contribution >= 4 is 0 Å². The Morgan fingerprint density at radius 1 is 1.28 bits per heavy atom. The highest BCUT2D eigenvalue weighted by atomic mass is 19.1. The minimum absolute atomic E-state index is 0.206. The van der Waals surface area contributed by atoms with E-state index in [4.69, 9.17) is 0 Å². The second kappa shape index (κ2) is 5.79. The van der Waals surface area contributed by atoms with Crippen molar-refractivity contribution in [2.75, 3.05) is 7.05 Å². The van der Waals surface area contributed by atoms with Gasteiger partial charge in [-0.05, 0) is 43.9 Å². The molecule has 0 spiro atoms. The molecule has 3 atom stereocenters. The molecule has 1 nitrogen and oxygen atoms in total. The number of nitrogens with one attached hydrogen (secondary N) is 1. The summed E-state index contributed by atoms with van der Waals surface area (Å²) in [6.45, 7) is 2.19. The monoisotopic (exact) mass is 253 g/mol. The Morgan fingerprint density at radius 2 is 1.94 bits per heavy atom. The first-order valence-corrected chi connectivity index (χ1v) is 6.78.